The van der Waals surface area contributed by atoms with Crippen molar-refractivity contribution < 1.29 is 17.2 Å². The Balaban J connectivity index is 1.61. The van der Waals surface area contributed by atoms with Gasteiger partial charge >= 0.3 is 0 Å². The van der Waals surface area contributed by atoms with E-state index in [4.69, 9.17) is 0 Å². The molecule has 7 heteroatoms. The van der Waals surface area contributed by atoms with Crippen molar-refractivity contribution >= 4 is 10.0 Å². The van der Waals surface area contributed by atoms with Crippen LogP contribution in [0.5, 0.6) is 0 Å². The summed E-state index contributed by atoms with van der Waals surface area (Å²) in [5.41, 5.74) is 0.924. The zero-order chi connectivity index (χ0) is 16.7. The summed E-state index contributed by atoms with van der Waals surface area (Å²) in [6.07, 6.45) is 2.15. The zero-order valence-electron chi connectivity index (χ0n) is 13.1. The number of hydrogen-bond donors (Lipinski definition) is 1. The van der Waals surface area contributed by atoms with Crippen LogP contribution in [0.2, 0.25) is 0 Å². The molecule has 1 aromatic carbocycles. The number of nitrogens with one attached hydrogen (secondary N) is 1. The van der Waals surface area contributed by atoms with Crippen LogP contribution in [0.15, 0.2) is 29.2 Å². The molecule has 1 N–H and O–H groups in total. The van der Waals surface area contributed by atoms with Crippen LogP contribution in [0.4, 0.5) is 8.78 Å². The molecule has 1 atom stereocenters. The molecule has 1 aromatic rings. The molecule has 0 spiro atoms. The lowest BCUT2D eigenvalue weighted by atomic mass is 10.1. The highest BCUT2D eigenvalue weighted by Gasteiger charge is 2.40. The lowest BCUT2D eigenvalue weighted by Gasteiger charge is -2.24. The quantitative estimate of drug-likeness (QED) is 0.863. The average Bonchev–Trinajstić information content (AvgIpc) is 3.19. The molecule has 0 amide bonds. The van der Waals surface area contributed by atoms with Crippen LogP contribution in [0, 0.1) is 0 Å². The second-order valence-corrected chi connectivity index (χ2v) is 8.42. The first kappa shape index (κ1) is 16.8. The second kappa shape index (κ2) is 6.11. The van der Waals surface area contributed by atoms with E-state index in [0.717, 1.165) is 18.4 Å². The third-order valence-corrected chi connectivity index (χ3v) is 6.10. The van der Waals surface area contributed by atoms with Gasteiger partial charge < -0.3 is 0 Å². The molecule has 128 valence electrons. The van der Waals surface area contributed by atoms with Gasteiger partial charge in [0.1, 0.15) is 0 Å². The molecule has 2 aliphatic rings. The molecular weight excluding hydrogens is 322 g/mol. The first-order valence-corrected chi connectivity index (χ1v) is 9.43. The van der Waals surface area contributed by atoms with Crippen molar-refractivity contribution in [3.63, 3.8) is 0 Å². The molecule has 1 unspecified atom stereocenters. The van der Waals surface area contributed by atoms with Crippen LogP contribution in [0.1, 0.15) is 37.7 Å². The lowest BCUT2D eigenvalue weighted by Crippen LogP contribution is -2.30. The summed E-state index contributed by atoms with van der Waals surface area (Å²) in [4.78, 5) is 2.18. The molecule has 2 saturated carbocycles. The van der Waals surface area contributed by atoms with Crippen LogP contribution in [0.3, 0.4) is 0 Å². The fraction of sp³-hybridized carbons (Fsp3) is 0.625. The lowest BCUT2D eigenvalue weighted by molar-refractivity contribution is 0.00169. The maximum Gasteiger partial charge on any atom is 0.249 e. The summed E-state index contributed by atoms with van der Waals surface area (Å²) in [5.74, 6) is -2.55. The maximum atomic E-state index is 13.3. The van der Waals surface area contributed by atoms with E-state index in [0.29, 0.717) is 13.0 Å². The Bertz CT molecular complexity index is 657. The van der Waals surface area contributed by atoms with E-state index in [9.17, 15) is 17.2 Å². The van der Waals surface area contributed by atoms with Gasteiger partial charge in [0.25, 0.3) is 0 Å². The molecule has 0 bridgehead atoms. The predicted molar refractivity (Wildman–Crippen MR) is 83.8 cm³/mol. The van der Waals surface area contributed by atoms with Gasteiger partial charge in [-0.05, 0) is 44.0 Å². The molecule has 0 heterocycles. The number of hydrogen-bond acceptors (Lipinski definition) is 3. The number of halogens is 2. The van der Waals surface area contributed by atoms with Crippen LogP contribution < -0.4 is 4.72 Å². The Morgan fingerprint density at radius 1 is 1.22 bits per heavy atom. The summed E-state index contributed by atoms with van der Waals surface area (Å²) in [7, 11) is -1.60. The van der Waals surface area contributed by atoms with Gasteiger partial charge in [0.2, 0.25) is 15.9 Å². The fourth-order valence-electron chi connectivity index (χ4n) is 2.98. The van der Waals surface area contributed by atoms with E-state index in [1.54, 1.807) is 24.3 Å². The third-order valence-electron chi connectivity index (χ3n) is 4.57. The smallest absolute Gasteiger partial charge is 0.249 e. The SMILES string of the molecule is CN(Cc1ccc(S(=O)(=O)NC2CC2)cc1)C1CCC(F)(F)C1. The van der Waals surface area contributed by atoms with Gasteiger partial charge in [0.05, 0.1) is 4.90 Å². The topological polar surface area (TPSA) is 49.4 Å². The largest absolute Gasteiger partial charge is 0.299 e. The minimum absolute atomic E-state index is 0.0496. The van der Waals surface area contributed by atoms with E-state index in [-0.39, 0.29) is 29.8 Å². The van der Waals surface area contributed by atoms with Gasteiger partial charge in [-0.1, -0.05) is 12.1 Å². The van der Waals surface area contributed by atoms with Crippen molar-refractivity contribution in [1.82, 2.24) is 9.62 Å². The van der Waals surface area contributed by atoms with Gasteiger partial charge in [-0.3, -0.25) is 4.90 Å². The van der Waals surface area contributed by atoms with Crippen molar-refractivity contribution in [3.05, 3.63) is 29.8 Å². The highest BCUT2D eigenvalue weighted by atomic mass is 32.2. The van der Waals surface area contributed by atoms with Gasteiger partial charge in [-0.2, -0.15) is 0 Å². The van der Waals surface area contributed by atoms with E-state index >= 15 is 0 Å². The van der Waals surface area contributed by atoms with Gasteiger partial charge in [-0.25, -0.2) is 21.9 Å². The summed E-state index contributed by atoms with van der Waals surface area (Å²) in [5, 5.41) is 0. The number of nitrogens with zero attached hydrogens (tertiary/aromatic N) is 1. The highest BCUT2D eigenvalue weighted by Crippen LogP contribution is 2.37. The number of sulfonamides is 1. The third kappa shape index (κ3) is 4.28. The molecule has 23 heavy (non-hydrogen) atoms. The monoisotopic (exact) mass is 344 g/mol. The molecule has 2 aliphatic carbocycles. The number of benzene rings is 1. The van der Waals surface area contributed by atoms with Crippen LogP contribution in [0.25, 0.3) is 0 Å². The molecule has 0 aromatic heterocycles. The molecule has 0 radical (unpaired) electrons. The Morgan fingerprint density at radius 2 is 1.87 bits per heavy atom. The zero-order valence-corrected chi connectivity index (χ0v) is 14.0. The van der Waals surface area contributed by atoms with Gasteiger partial charge in [0.15, 0.2) is 0 Å². The number of alkyl halides is 2. The van der Waals surface area contributed by atoms with Gasteiger partial charge in [-0.15, -0.1) is 0 Å². The van der Waals surface area contributed by atoms with Crippen molar-refractivity contribution in [2.75, 3.05) is 7.05 Å². The summed E-state index contributed by atoms with van der Waals surface area (Å²) >= 11 is 0. The minimum Gasteiger partial charge on any atom is -0.299 e. The van der Waals surface area contributed by atoms with Gasteiger partial charge in [0, 0.05) is 31.5 Å². The number of rotatable bonds is 6. The van der Waals surface area contributed by atoms with Crippen molar-refractivity contribution in [2.45, 2.75) is 61.6 Å². The standard InChI is InChI=1S/C16H22F2N2O2S/c1-20(14-8-9-16(17,18)10-14)11-12-2-6-15(7-3-12)23(21,22)19-13-4-5-13/h2-3,6-7,13-14,19H,4-5,8-11H2,1H3. The molecule has 0 aliphatic heterocycles. The van der Waals surface area contributed by atoms with Crippen molar-refractivity contribution in [1.29, 1.82) is 0 Å². The van der Waals surface area contributed by atoms with Crippen LogP contribution >= 0.6 is 0 Å². The summed E-state index contributed by atoms with van der Waals surface area (Å²) < 4.78 is 53.4. The van der Waals surface area contributed by atoms with Crippen molar-refractivity contribution in [2.24, 2.45) is 0 Å². The molecule has 2 fully saturated rings. The first-order chi connectivity index (χ1) is 10.8. The van der Waals surface area contributed by atoms with E-state index < -0.39 is 15.9 Å². The normalized spacial score (nSPS) is 24.3. The average molecular weight is 344 g/mol. The Kier molecular flexibility index (Phi) is 4.46. The van der Waals surface area contributed by atoms with Crippen LogP contribution in [-0.4, -0.2) is 38.4 Å². The molecule has 0 saturated heterocycles. The summed E-state index contributed by atoms with van der Waals surface area (Å²) in [6, 6.07) is 6.63. The fourth-order valence-corrected chi connectivity index (χ4v) is 4.29. The van der Waals surface area contributed by atoms with E-state index in [1.807, 2.05) is 11.9 Å². The molecule has 4 nitrogen and oxygen atoms in total. The Hall–Kier alpha value is -1.05. The van der Waals surface area contributed by atoms with E-state index in [2.05, 4.69) is 4.72 Å². The summed E-state index contributed by atoms with van der Waals surface area (Å²) in [6.45, 7) is 0.539. The molecular formula is C16H22F2N2O2S. The van der Waals surface area contributed by atoms with Crippen molar-refractivity contribution in [3.8, 4) is 0 Å². The maximum absolute atomic E-state index is 13.3. The second-order valence-electron chi connectivity index (χ2n) is 6.71. The first-order valence-electron chi connectivity index (χ1n) is 7.94. The Labute approximate surface area is 135 Å². The van der Waals surface area contributed by atoms with Crippen LogP contribution in [-0.2, 0) is 16.6 Å². The van der Waals surface area contributed by atoms with E-state index in [1.165, 1.54) is 0 Å². The minimum atomic E-state index is -3.44. The molecule has 3 rings (SSSR count). The Morgan fingerprint density at radius 3 is 2.39 bits per heavy atom. The predicted octanol–water partition coefficient (Wildman–Crippen LogP) is 2.75. The highest BCUT2D eigenvalue weighted by molar-refractivity contribution is 7.89.